The Morgan fingerprint density at radius 1 is 0.375 bits per heavy atom. The molecule has 40 heavy (non-hydrogen) atoms. The summed E-state index contributed by atoms with van der Waals surface area (Å²) in [7, 11) is 0. The highest BCUT2D eigenvalue weighted by Gasteiger charge is 2.16. The first-order valence-electron chi connectivity index (χ1n) is 13.5. The van der Waals surface area contributed by atoms with Crippen molar-refractivity contribution in [1.29, 1.82) is 0 Å². The highest BCUT2D eigenvalue weighted by Crippen LogP contribution is 2.39. The predicted molar refractivity (Wildman–Crippen MR) is 168 cm³/mol. The number of pyridine rings is 3. The van der Waals surface area contributed by atoms with Gasteiger partial charge in [-0.2, -0.15) is 0 Å². The summed E-state index contributed by atoms with van der Waals surface area (Å²) in [6.45, 7) is 0. The van der Waals surface area contributed by atoms with Crippen LogP contribution in [0.4, 0.5) is 0 Å². The fourth-order valence-corrected chi connectivity index (χ4v) is 6.39. The lowest BCUT2D eigenvalue weighted by atomic mass is 9.92. The first kappa shape index (κ1) is 21.5. The SMILES string of the molecule is c1cnc2c(c1)ccc1cc3c(-c4ccc5c6ccccc6c6ccccc6c5c4)nc4ccccc4c3nc12. The van der Waals surface area contributed by atoms with Crippen molar-refractivity contribution in [2.45, 2.75) is 0 Å². The van der Waals surface area contributed by atoms with Crippen LogP contribution in [0, 0.1) is 0 Å². The molecule has 3 aromatic heterocycles. The van der Waals surface area contributed by atoms with Gasteiger partial charge in [-0.3, -0.25) is 4.98 Å². The Labute approximate surface area is 229 Å². The van der Waals surface area contributed by atoms with Crippen LogP contribution in [0.2, 0.25) is 0 Å². The van der Waals surface area contributed by atoms with Crippen molar-refractivity contribution in [3.8, 4) is 11.3 Å². The molecular formula is C37H21N3. The first-order valence-corrected chi connectivity index (χ1v) is 13.5. The Bertz CT molecular complexity index is 2460. The van der Waals surface area contributed by atoms with Crippen LogP contribution in [0.1, 0.15) is 0 Å². The third-order valence-corrected chi connectivity index (χ3v) is 8.22. The number of hydrogen-bond donors (Lipinski definition) is 0. The van der Waals surface area contributed by atoms with Gasteiger partial charge in [0.1, 0.15) is 0 Å². The van der Waals surface area contributed by atoms with E-state index in [1.54, 1.807) is 0 Å². The van der Waals surface area contributed by atoms with Gasteiger partial charge in [-0.1, -0.05) is 97.1 Å². The minimum absolute atomic E-state index is 0.920. The standard InChI is InChI=1S/C37H21N3/c1-2-11-27-25(9-1)26-10-3-4-12-28(26)31-20-23(17-18-29(27)31)34-32-21-24-16-15-22-8-7-19-38-35(22)36(24)40-37(32)30-13-5-6-14-33(30)39-34/h1-21H. The zero-order valence-corrected chi connectivity index (χ0v) is 21.5. The van der Waals surface area contributed by atoms with Crippen LogP contribution in [-0.2, 0) is 0 Å². The van der Waals surface area contributed by atoms with Gasteiger partial charge in [0.05, 0.1) is 27.8 Å². The second-order valence-corrected chi connectivity index (χ2v) is 10.4. The van der Waals surface area contributed by atoms with E-state index in [9.17, 15) is 0 Å². The molecule has 0 radical (unpaired) electrons. The maximum atomic E-state index is 5.27. The molecule has 0 aliphatic rings. The quantitative estimate of drug-likeness (QED) is 0.164. The lowest BCUT2D eigenvalue weighted by molar-refractivity contribution is 1.39. The van der Waals surface area contributed by atoms with E-state index >= 15 is 0 Å². The Hall–Kier alpha value is -5.41. The molecule has 0 spiro atoms. The molecule has 6 aromatic carbocycles. The molecule has 0 unspecified atom stereocenters. The van der Waals surface area contributed by atoms with Gasteiger partial charge in [-0.05, 0) is 56.6 Å². The summed E-state index contributed by atoms with van der Waals surface area (Å²) in [6.07, 6.45) is 1.84. The molecule has 3 heterocycles. The zero-order valence-electron chi connectivity index (χ0n) is 21.5. The Morgan fingerprint density at radius 3 is 1.80 bits per heavy atom. The summed E-state index contributed by atoms with van der Waals surface area (Å²) in [4.78, 5) is 15.2. The zero-order chi connectivity index (χ0) is 26.2. The van der Waals surface area contributed by atoms with Gasteiger partial charge in [0.15, 0.2) is 0 Å². The van der Waals surface area contributed by atoms with Crippen molar-refractivity contribution in [1.82, 2.24) is 15.0 Å². The van der Waals surface area contributed by atoms with E-state index in [0.717, 1.165) is 54.9 Å². The molecule has 0 atom stereocenters. The second-order valence-electron chi connectivity index (χ2n) is 10.4. The summed E-state index contributed by atoms with van der Waals surface area (Å²) in [5.74, 6) is 0. The molecule has 9 rings (SSSR count). The molecule has 9 aromatic rings. The third-order valence-electron chi connectivity index (χ3n) is 8.22. The highest BCUT2D eigenvalue weighted by atomic mass is 14.8. The van der Waals surface area contributed by atoms with E-state index in [-0.39, 0.29) is 0 Å². The van der Waals surface area contributed by atoms with Crippen molar-refractivity contribution >= 4 is 75.9 Å². The van der Waals surface area contributed by atoms with E-state index in [1.807, 2.05) is 18.3 Å². The largest absolute Gasteiger partial charge is 0.254 e. The maximum absolute atomic E-state index is 5.27. The fourth-order valence-electron chi connectivity index (χ4n) is 6.39. The normalized spacial score (nSPS) is 12.0. The Balaban J connectivity index is 1.42. The van der Waals surface area contributed by atoms with Crippen LogP contribution in [0.25, 0.3) is 87.2 Å². The number of rotatable bonds is 1. The van der Waals surface area contributed by atoms with E-state index in [1.165, 1.54) is 32.3 Å². The van der Waals surface area contributed by atoms with Crippen LogP contribution >= 0.6 is 0 Å². The van der Waals surface area contributed by atoms with Gasteiger partial charge in [-0.15, -0.1) is 0 Å². The van der Waals surface area contributed by atoms with Gasteiger partial charge < -0.3 is 0 Å². The minimum Gasteiger partial charge on any atom is -0.254 e. The summed E-state index contributed by atoms with van der Waals surface area (Å²) < 4.78 is 0. The van der Waals surface area contributed by atoms with Crippen LogP contribution in [-0.4, -0.2) is 15.0 Å². The van der Waals surface area contributed by atoms with Crippen LogP contribution in [0.5, 0.6) is 0 Å². The van der Waals surface area contributed by atoms with Gasteiger partial charge in [-0.25, -0.2) is 9.97 Å². The number of nitrogens with zero attached hydrogens (tertiary/aromatic N) is 3. The van der Waals surface area contributed by atoms with E-state index in [4.69, 9.17) is 9.97 Å². The van der Waals surface area contributed by atoms with E-state index < -0.39 is 0 Å². The molecule has 3 nitrogen and oxygen atoms in total. The molecule has 184 valence electrons. The molecule has 0 N–H and O–H groups in total. The molecule has 0 aliphatic carbocycles. The molecule has 0 fully saturated rings. The maximum Gasteiger partial charge on any atom is 0.0972 e. The van der Waals surface area contributed by atoms with Crippen molar-refractivity contribution in [2.24, 2.45) is 0 Å². The highest BCUT2D eigenvalue weighted by molar-refractivity contribution is 6.26. The number of aromatic nitrogens is 3. The summed E-state index contributed by atoms with van der Waals surface area (Å²) in [5.41, 5.74) is 5.77. The van der Waals surface area contributed by atoms with Gasteiger partial charge in [0.2, 0.25) is 0 Å². The molecule has 0 aliphatic heterocycles. The average Bonchev–Trinajstić information content (AvgIpc) is 3.03. The van der Waals surface area contributed by atoms with Crippen LogP contribution in [0.15, 0.2) is 128 Å². The number of para-hydroxylation sites is 1. The summed E-state index contributed by atoms with van der Waals surface area (Å²) in [6, 6.07) is 43.0. The van der Waals surface area contributed by atoms with E-state index in [0.29, 0.717) is 0 Å². The minimum atomic E-state index is 0.920. The van der Waals surface area contributed by atoms with Gasteiger partial charge in [0, 0.05) is 33.3 Å². The van der Waals surface area contributed by atoms with Crippen molar-refractivity contribution in [3.63, 3.8) is 0 Å². The third kappa shape index (κ3) is 2.97. The van der Waals surface area contributed by atoms with Crippen LogP contribution < -0.4 is 0 Å². The van der Waals surface area contributed by atoms with Crippen LogP contribution in [0.3, 0.4) is 0 Å². The molecule has 0 bridgehead atoms. The van der Waals surface area contributed by atoms with Gasteiger partial charge in [0.25, 0.3) is 0 Å². The Kier molecular flexibility index (Phi) is 4.33. The predicted octanol–water partition coefficient (Wildman–Crippen LogP) is 9.61. The lowest BCUT2D eigenvalue weighted by Gasteiger charge is -2.14. The first-order chi connectivity index (χ1) is 19.8. The monoisotopic (exact) mass is 507 g/mol. The topological polar surface area (TPSA) is 38.7 Å². The average molecular weight is 508 g/mol. The summed E-state index contributed by atoms with van der Waals surface area (Å²) in [5, 5.41) is 11.8. The van der Waals surface area contributed by atoms with Crippen molar-refractivity contribution in [2.75, 3.05) is 0 Å². The molecular weight excluding hydrogens is 486 g/mol. The van der Waals surface area contributed by atoms with Crippen molar-refractivity contribution < 1.29 is 0 Å². The Morgan fingerprint density at radius 2 is 1.02 bits per heavy atom. The fraction of sp³-hybridized carbons (Fsp3) is 0. The second kappa shape index (κ2) is 8.05. The molecule has 0 saturated carbocycles. The smallest absolute Gasteiger partial charge is 0.0972 e. The molecule has 0 amide bonds. The lowest BCUT2D eigenvalue weighted by Crippen LogP contribution is -1.94. The van der Waals surface area contributed by atoms with Gasteiger partial charge >= 0.3 is 0 Å². The molecule has 3 heteroatoms. The number of benzene rings is 6. The molecule has 0 saturated heterocycles. The van der Waals surface area contributed by atoms with Crippen molar-refractivity contribution in [3.05, 3.63) is 128 Å². The van der Waals surface area contributed by atoms with E-state index in [2.05, 4.69) is 114 Å². The number of fused-ring (bicyclic) bond motifs is 12. The number of hydrogen-bond acceptors (Lipinski definition) is 3. The summed E-state index contributed by atoms with van der Waals surface area (Å²) >= 11 is 0.